The van der Waals surface area contributed by atoms with Gasteiger partial charge < -0.3 is 20.1 Å². The number of anilines is 3. The highest BCUT2D eigenvalue weighted by Crippen LogP contribution is 2.31. The Kier molecular flexibility index (Phi) is 6.11. The number of aromatic nitrogens is 1. The van der Waals surface area contributed by atoms with E-state index < -0.39 is 0 Å². The fourth-order valence-corrected chi connectivity index (χ4v) is 2.72. The Morgan fingerprint density at radius 3 is 2.43 bits per heavy atom. The van der Waals surface area contributed by atoms with Crippen LogP contribution >= 0.6 is 0 Å². The maximum Gasteiger partial charge on any atom is 0.274 e. The van der Waals surface area contributed by atoms with Crippen LogP contribution in [0.2, 0.25) is 0 Å². The van der Waals surface area contributed by atoms with E-state index in [0.29, 0.717) is 22.9 Å². The van der Waals surface area contributed by atoms with Crippen LogP contribution in [0, 0.1) is 0 Å². The second kappa shape index (κ2) is 8.90. The fourth-order valence-electron chi connectivity index (χ4n) is 2.72. The minimum absolute atomic E-state index is 0.273. The molecule has 0 aliphatic carbocycles. The minimum Gasteiger partial charge on any atom is -0.497 e. The highest BCUT2D eigenvalue weighted by molar-refractivity contribution is 6.03. The molecule has 0 aliphatic heterocycles. The summed E-state index contributed by atoms with van der Waals surface area (Å²) in [7, 11) is 3.20. The van der Waals surface area contributed by atoms with Crippen LogP contribution in [0.5, 0.6) is 11.5 Å². The van der Waals surface area contributed by atoms with E-state index in [1.807, 2.05) is 42.5 Å². The van der Waals surface area contributed by atoms with Gasteiger partial charge in [0.2, 0.25) is 0 Å². The molecule has 0 fully saturated rings. The average molecular weight is 377 g/mol. The molecule has 0 bridgehead atoms. The third kappa shape index (κ3) is 4.59. The highest BCUT2D eigenvalue weighted by Gasteiger charge is 2.10. The number of rotatable bonds is 7. The zero-order valence-corrected chi connectivity index (χ0v) is 16.2. The molecule has 1 heterocycles. The lowest BCUT2D eigenvalue weighted by atomic mass is 10.1. The Balaban J connectivity index is 1.77. The van der Waals surface area contributed by atoms with Crippen LogP contribution in [-0.2, 0) is 6.42 Å². The molecule has 2 aromatic carbocycles. The van der Waals surface area contributed by atoms with Gasteiger partial charge in [-0.15, -0.1) is 0 Å². The summed E-state index contributed by atoms with van der Waals surface area (Å²) in [6, 6.07) is 16.7. The van der Waals surface area contributed by atoms with Crippen LogP contribution in [0.15, 0.2) is 60.8 Å². The summed E-state index contributed by atoms with van der Waals surface area (Å²) in [5.74, 6) is 1.09. The Morgan fingerprint density at radius 1 is 0.964 bits per heavy atom. The Hall–Kier alpha value is -3.54. The average Bonchev–Trinajstić information content (AvgIpc) is 2.74. The first-order valence-electron chi connectivity index (χ1n) is 8.98. The van der Waals surface area contributed by atoms with Crippen molar-refractivity contribution in [2.45, 2.75) is 13.3 Å². The monoisotopic (exact) mass is 377 g/mol. The van der Waals surface area contributed by atoms with E-state index in [1.165, 1.54) is 5.56 Å². The topological polar surface area (TPSA) is 72.5 Å². The molecule has 6 nitrogen and oxygen atoms in total. The highest BCUT2D eigenvalue weighted by atomic mass is 16.5. The van der Waals surface area contributed by atoms with Crippen molar-refractivity contribution in [3.05, 3.63) is 72.1 Å². The smallest absolute Gasteiger partial charge is 0.274 e. The standard InChI is InChI=1S/C22H23N3O3/c1-4-15-5-7-16(8-6-15)25-22(26)20-13-17(11-12-23-20)24-19-14-18(27-2)9-10-21(19)28-3/h5-14H,4H2,1-3H3,(H,23,24)(H,25,26). The molecular weight excluding hydrogens is 354 g/mol. The maximum atomic E-state index is 12.6. The van der Waals surface area contributed by atoms with Crippen LogP contribution in [0.25, 0.3) is 0 Å². The quantitative estimate of drug-likeness (QED) is 0.627. The number of nitrogens with zero attached hydrogens (tertiary/aromatic N) is 1. The molecule has 144 valence electrons. The summed E-state index contributed by atoms with van der Waals surface area (Å²) in [4.78, 5) is 16.7. The number of amides is 1. The van der Waals surface area contributed by atoms with Crippen LogP contribution in [0.4, 0.5) is 17.1 Å². The van der Waals surface area contributed by atoms with Crippen molar-refractivity contribution in [1.82, 2.24) is 4.98 Å². The Labute approximate surface area is 164 Å². The van der Waals surface area contributed by atoms with E-state index in [4.69, 9.17) is 9.47 Å². The van der Waals surface area contributed by atoms with E-state index in [0.717, 1.165) is 17.8 Å². The number of nitrogens with one attached hydrogen (secondary N) is 2. The molecule has 6 heteroatoms. The minimum atomic E-state index is -0.273. The lowest BCUT2D eigenvalue weighted by molar-refractivity contribution is 0.102. The van der Waals surface area contributed by atoms with Gasteiger partial charge in [0, 0.05) is 23.6 Å². The van der Waals surface area contributed by atoms with Crippen LogP contribution in [-0.4, -0.2) is 25.1 Å². The first-order chi connectivity index (χ1) is 13.6. The van der Waals surface area contributed by atoms with Crippen molar-refractivity contribution in [2.24, 2.45) is 0 Å². The number of aryl methyl sites for hydroxylation is 1. The number of hydrogen-bond acceptors (Lipinski definition) is 5. The normalized spacial score (nSPS) is 10.2. The number of methoxy groups -OCH3 is 2. The maximum absolute atomic E-state index is 12.6. The molecule has 28 heavy (non-hydrogen) atoms. The van der Waals surface area contributed by atoms with Gasteiger partial charge in [0.15, 0.2) is 0 Å². The molecule has 3 rings (SSSR count). The van der Waals surface area contributed by atoms with Crippen molar-refractivity contribution in [1.29, 1.82) is 0 Å². The van der Waals surface area contributed by atoms with Crippen LogP contribution in [0.1, 0.15) is 23.0 Å². The van der Waals surface area contributed by atoms with Crippen molar-refractivity contribution >= 4 is 23.0 Å². The van der Waals surface area contributed by atoms with Crippen molar-refractivity contribution in [2.75, 3.05) is 24.9 Å². The third-order valence-corrected chi connectivity index (χ3v) is 4.30. The Bertz CT molecular complexity index is 955. The summed E-state index contributed by atoms with van der Waals surface area (Å²) in [6.45, 7) is 2.09. The molecule has 1 aromatic heterocycles. The zero-order valence-electron chi connectivity index (χ0n) is 16.2. The van der Waals surface area contributed by atoms with Gasteiger partial charge in [0.1, 0.15) is 17.2 Å². The number of carbonyl (C=O) groups excluding carboxylic acids is 1. The molecule has 0 spiro atoms. The predicted octanol–water partition coefficient (Wildman–Crippen LogP) is 4.66. The van der Waals surface area contributed by atoms with Gasteiger partial charge >= 0.3 is 0 Å². The van der Waals surface area contributed by atoms with E-state index in [1.54, 1.807) is 32.5 Å². The number of carbonyl (C=O) groups is 1. The van der Waals surface area contributed by atoms with Gasteiger partial charge in [-0.05, 0) is 48.4 Å². The number of hydrogen-bond donors (Lipinski definition) is 2. The molecule has 0 unspecified atom stereocenters. The van der Waals surface area contributed by atoms with Gasteiger partial charge in [-0.1, -0.05) is 19.1 Å². The number of ether oxygens (including phenoxy) is 2. The van der Waals surface area contributed by atoms with E-state index in [-0.39, 0.29) is 5.91 Å². The van der Waals surface area contributed by atoms with Crippen LogP contribution < -0.4 is 20.1 Å². The van der Waals surface area contributed by atoms with Gasteiger partial charge in [-0.3, -0.25) is 9.78 Å². The van der Waals surface area contributed by atoms with E-state index in [2.05, 4.69) is 22.5 Å². The lowest BCUT2D eigenvalue weighted by Crippen LogP contribution is -2.13. The molecule has 0 atom stereocenters. The van der Waals surface area contributed by atoms with Crippen LogP contribution in [0.3, 0.4) is 0 Å². The zero-order chi connectivity index (χ0) is 19.9. The van der Waals surface area contributed by atoms with Gasteiger partial charge in [0.25, 0.3) is 5.91 Å². The van der Waals surface area contributed by atoms with Gasteiger partial charge in [-0.25, -0.2) is 0 Å². The van der Waals surface area contributed by atoms with Gasteiger partial charge in [-0.2, -0.15) is 0 Å². The Morgan fingerprint density at radius 2 is 1.75 bits per heavy atom. The molecule has 1 amide bonds. The van der Waals surface area contributed by atoms with E-state index >= 15 is 0 Å². The van der Waals surface area contributed by atoms with Crippen molar-refractivity contribution in [3.8, 4) is 11.5 Å². The largest absolute Gasteiger partial charge is 0.497 e. The summed E-state index contributed by atoms with van der Waals surface area (Å²) in [6.07, 6.45) is 2.54. The number of pyridine rings is 1. The number of benzene rings is 2. The SMILES string of the molecule is CCc1ccc(NC(=O)c2cc(Nc3cc(OC)ccc3OC)ccn2)cc1. The lowest BCUT2D eigenvalue weighted by Gasteiger charge is -2.13. The first kappa shape index (κ1) is 19.2. The molecule has 0 saturated carbocycles. The second-order valence-corrected chi connectivity index (χ2v) is 6.13. The summed E-state index contributed by atoms with van der Waals surface area (Å²) >= 11 is 0. The fraction of sp³-hybridized carbons (Fsp3) is 0.182. The molecule has 0 aliphatic rings. The summed E-state index contributed by atoms with van der Waals surface area (Å²) in [5.41, 5.74) is 3.71. The first-order valence-corrected chi connectivity index (χ1v) is 8.98. The second-order valence-electron chi connectivity index (χ2n) is 6.13. The molecule has 2 N–H and O–H groups in total. The molecule has 0 saturated heterocycles. The van der Waals surface area contributed by atoms with Crippen molar-refractivity contribution < 1.29 is 14.3 Å². The molecule has 3 aromatic rings. The summed E-state index contributed by atoms with van der Waals surface area (Å²) < 4.78 is 10.6. The predicted molar refractivity (Wildman–Crippen MR) is 111 cm³/mol. The molecule has 0 radical (unpaired) electrons. The summed E-state index contributed by atoms with van der Waals surface area (Å²) in [5, 5.41) is 6.11. The van der Waals surface area contributed by atoms with Crippen molar-refractivity contribution in [3.63, 3.8) is 0 Å². The third-order valence-electron chi connectivity index (χ3n) is 4.30. The van der Waals surface area contributed by atoms with E-state index in [9.17, 15) is 4.79 Å². The molecular formula is C22H23N3O3. The van der Waals surface area contributed by atoms with Gasteiger partial charge in [0.05, 0.1) is 19.9 Å².